The van der Waals surface area contributed by atoms with E-state index in [1.165, 1.54) is 17.4 Å². The summed E-state index contributed by atoms with van der Waals surface area (Å²) in [6.45, 7) is 4.37. The first kappa shape index (κ1) is 28.3. The van der Waals surface area contributed by atoms with E-state index in [2.05, 4.69) is 4.74 Å². The van der Waals surface area contributed by atoms with Gasteiger partial charge in [0.1, 0.15) is 15.8 Å². The van der Waals surface area contributed by atoms with Crippen LogP contribution >= 0.6 is 23.3 Å². The second-order valence-corrected chi connectivity index (χ2v) is 9.62. The number of ether oxygens (including phenoxy) is 1. The molecule has 0 aliphatic rings. The van der Waals surface area contributed by atoms with E-state index < -0.39 is 18.1 Å². The van der Waals surface area contributed by atoms with Crippen LogP contribution in [0.1, 0.15) is 62.1 Å². The third-order valence-electron chi connectivity index (χ3n) is 4.39. The molecule has 32 heavy (non-hydrogen) atoms. The average Bonchev–Trinajstić information content (AvgIpc) is 3.06. The highest BCUT2D eigenvalue weighted by atomic mass is 32.2. The molecular formula is C22H31F3N2O3S2. The Morgan fingerprint density at radius 1 is 1.19 bits per heavy atom. The smallest absolute Gasteiger partial charge is 0.387 e. The number of nitrogens with two attached hydrogens (primary N) is 2. The van der Waals surface area contributed by atoms with Gasteiger partial charge < -0.3 is 15.6 Å². The molecule has 1 amide bonds. The van der Waals surface area contributed by atoms with Gasteiger partial charge in [-0.15, -0.1) is 11.3 Å². The van der Waals surface area contributed by atoms with Crippen LogP contribution in [0.4, 0.5) is 13.2 Å². The van der Waals surface area contributed by atoms with Gasteiger partial charge in [0.15, 0.2) is 0 Å². The molecule has 5 N–H and O–H groups in total. The van der Waals surface area contributed by atoms with E-state index >= 15 is 0 Å². The van der Waals surface area contributed by atoms with Crippen LogP contribution in [0.5, 0.6) is 5.75 Å². The number of benzene rings is 1. The maximum absolute atomic E-state index is 12.9. The second-order valence-electron chi connectivity index (χ2n) is 7.66. The minimum Gasteiger partial charge on any atom is -0.435 e. The van der Waals surface area contributed by atoms with Gasteiger partial charge in [-0.3, -0.25) is 9.93 Å². The Kier molecular flexibility index (Phi) is 11.6. The van der Waals surface area contributed by atoms with E-state index in [1.807, 2.05) is 13.8 Å². The molecule has 1 heterocycles. The first-order valence-electron chi connectivity index (χ1n) is 10.2. The van der Waals surface area contributed by atoms with Gasteiger partial charge in [0.05, 0.1) is 12.0 Å². The highest BCUT2D eigenvalue weighted by molar-refractivity contribution is 7.99. The molecule has 0 spiro atoms. The molecule has 0 aliphatic heterocycles. The number of primary amides is 1. The molecule has 0 atom stereocenters. The molecular weight excluding hydrogens is 461 g/mol. The largest absolute Gasteiger partial charge is 0.435 e. The quantitative estimate of drug-likeness (QED) is 0.391. The van der Waals surface area contributed by atoms with Crippen molar-refractivity contribution in [1.82, 2.24) is 0 Å². The van der Waals surface area contributed by atoms with E-state index in [1.54, 1.807) is 26.0 Å². The number of amides is 1. The van der Waals surface area contributed by atoms with Crippen LogP contribution in [0, 0.1) is 5.82 Å². The Bertz CT molecular complexity index is 857. The fourth-order valence-electron chi connectivity index (χ4n) is 3.06. The number of rotatable bonds is 10. The van der Waals surface area contributed by atoms with Gasteiger partial charge in [-0.25, -0.2) is 4.39 Å². The highest BCUT2D eigenvalue weighted by Gasteiger charge is 2.21. The van der Waals surface area contributed by atoms with Crippen LogP contribution in [0.3, 0.4) is 0 Å². The minimum absolute atomic E-state index is 0.139. The summed E-state index contributed by atoms with van der Waals surface area (Å²) in [5, 5.41) is 14.7. The van der Waals surface area contributed by atoms with Gasteiger partial charge in [-0.1, -0.05) is 26.7 Å². The lowest BCUT2D eigenvalue weighted by Gasteiger charge is -2.16. The third-order valence-corrected chi connectivity index (χ3v) is 6.55. The van der Waals surface area contributed by atoms with E-state index in [0.29, 0.717) is 21.9 Å². The van der Waals surface area contributed by atoms with Crippen LogP contribution in [-0.2, 0) is 29.7 Å². The van der Waals surface area contributed by atoms with Crippen LogP contribution in [0.15, 0.2) is 22.4 Å². The molecule has 0 bridgehead atoms. The highest BCUT2D eigenvalue weighted by Crippen LogP contribution is 2.34. The number of aliphatic hydroxyl groups is 1. The molecule has 1 aromatic carbocycles. The number of hydrogen-bond acceptors (Lipinski definition) is 6. The summed E-state index contributed by atoms with van der Waals surface area (Å²) in [5.74, 6) is -0.619. The van der Waals surface area contributed by atoms with Gasteiger partial charge in [0.2, 0.25) is 5.91 Å². The lowest BCUT2D eigenvalue weighted by Crippen LogP contribution is -2.17. The number of halogens is 3. The van der Waals surface area contributed by atoms with E-state index in [-0.39, 0.29) is 18.0 Å². The van der Waals surface area contributed by atoms with Crippen molar-refractivity contribution in [3.63, 3.8) is 0 Å². The summed E-state index contributed by atoms with van der Waals surface area (Å²) in [6.07, 6.45) is 3.27. The van der Waals surface area contributed by atoms with Gasteiger partial charge in [0.25, 0.3) is 0 Å². The van der Waals surface area contributed by atoms with E-state index in [0.717, 1.165) is 41.5 Å². The molecule has 180 valence electrons. The average molecular weight is 493 g/mol. The fourth-order valence-corrected chi connectivity index (χ4v) is 4.46. The summed E-state index contributed by atoms with van der Waals surface area (Å²) in [5.41, 5.74) is 6.90. The molecule has 2 rings (SSSR count). The zero-order valence-electron chi connectivity index (χ0n) is 18.7. The standard InChI is InChI=1S/C15H21F2NO2.C7H10FNOS2/c1-3-5-10-7-12(20-15(16)17)8-11(6-4-2)13(10)9-14(18)19;1-7(2,10)5-3-4(8)6(11-5)12-9/h7-8,15H,3-6,9H2,1-2H3,(H2,18,19);3,10H,9H2,1-2H3. The first-order valence-corrected chi connectivity index (χ1v) is 11.9. The van der Waals surface area contributed by atoms with Crippen LogP contribution in [0.25, 0.3) is 0 Å². The van der Waals surface area contributed by atoms with Crippen molar-refractivity contribution in [2.24, 2.45) is 10.9 Å². The normalized spacial score (nSPS) is 11.3. The molecule has 0 fully saturated rings. The molecule has 1 aromatic heterocycles. The molecule has 2 aromatic rings. The van der Waals surface area contributed by atoms with Crippen molar-refractivity contribution in [3.05, 3.63) is 45.6 Å². The van der Waals surface area contributed by atoms with Crippen molar-refractivity contribution >= 4 is 29.2 Å². The second kappa shape index (κ2) is 13.1. The summed E-state index contributed by atoms with van der Waals surface area (Å²) >= 11 is 2.04. The third kappa shape index (κ3) is 9.01. The summed E-state index contributed by atoms with van der Waals surface area (Å²) in [4.78, 5) is 11.8. The zero-order chi connectivity index (χ0) is 24.5. The Balaban J connectivity index is 0.000000363. The molecule has 0 radical (unpaired) electrons. The number of aryl methyl sites for hydroxylation is 2. The Morgan fingerprint density at radius 3 is 2.03 bits per heavy atom. The molecule has 0 saturated heterocycles. The van der Waals surface area contributed by atoms with Crippen LogP contribution < -0.4 is 15.6 Å². The number of alkyl halides is 2. The lowest BCUT2D eigenvalue weighted by atomic mass is 9.92. The molecule has 0 unspecified atom stereocenters. The molecule has 10 heteroatoms. The first-order chi connectivity index (χ1) is 14.9. The lowest BCUT2D eigenvalue weighted by molar-refractivity contribution is -0.117. The maximum Gasteiger partial charge on any atom is 0.387 e. The molecule has 0 aliphatic carbocycles. The Hall–Kier alpha value is -1.75. The maximum atomic E-state index is 12.9. The summed E-state index contributed by atoms with van der Waals surface area (Å²) in [7, 11) is 0. The van der Waals surface area contributed by atoms with Gasteiger partial charge in [0, 0.05) is 4.88 Å². The Labute approximate surface area is 195 Å². The molecule has 0 saturated carbocycles. The van der Waals surface area contributed by atoms with E-state index in [4.69, 9.17) is 10.9 Å². The van der Waals surface area contributed by atoms with Crippen molar-refractivity contribution in [2.75, 3.05) is 0 Å². The predicted molar refractivity (Wildman–Crippen MR) is 124 cm³/mol. The predicted octanol–water partition coefficient (Wildman–Crippen LogP) is 5.30. The van der Waals surface area contributed by atoms with Crippen molar-refractivity contribution in [2.45, 2.75) is 76.2 Å². The minimum atomic E-state index is -2.85. The van der Waals surface area contributed by atoms with Crippen molar-refractivity contribution in [1.29, 1.82) is 0 Å². The monoisotopic (exact) mass is 492 g/mol. The molecule has 5 nitrogen and oxygen atoms in total. The topological polar surface area (TPSA) is 98.6 Å². The van der Waals surface area contributed by atoms with E-state index in [9.17, 15) is 23.1 Å². The zero-order valence-corrected chi connectivity index (χ0v) is 20.3. The number of carbonyl (C=O) groups excluding carboxylic acids is 1. The number of thiophene rings is 1. The van der Waals surface area contributed by atoms with Gasteiger partial charge >= 0.3 is 6.61 Å². The Morgan fingerprint density at radius 2 is 1.72 bits per heavy atom. The summed E-state index contributed by atoms with van der Waals surface area (Å²) < 4.78 is 42.6. The van der Waals surface area contributed by atoms with Gasteiger partial charge in [-0.2, -0.15) is 8.78 Å². The van der Waals surface area contributed by atoms with Crippen molar-refractivity contribution in [3.8, 4) is 5.75 Å². The fraction of sp³-hybridized carbons (Fsp3) is 0.500. The summed E-state index contributed by atoms with van der Waals surface area (Å²) in [6, 6.07) is 4.50. The van der Waals surface area contributed by atoms with Crippen molar-refractivity contribution < 1.29 is 27.8 Å². The number of hydrogen-bond donors (Lipinski definition) is 3. The number of carbonyl (C=O) groups is 1. The van der Waals surface area contributed by atoms with Crippen LogP contribution in [0.2, 0.25) is 0 Å². The van der Waals surface area contributed by atoms with Crippen LogP contribution in [-0.4, -0.2) is 17.6 Å². The SMILES string of the molecule is CC(C)(O)c1cc(F)c(SN)s1.CCCc1cc(OC(F)F)cc(CCC)c1CC(N)=O. The van der Waals surface area contributed by atoms with Gasteiger partial charge in [-0.05, 0) is 73.5 Å².